The van der Waals surface area contributed by atoms with Crippen molar-refractivity contribution in [3.05, 3.63) is 54.6 Å². The van der Waals surface area contributed by atoms with E-state index < -0.39 is 17.8 Å². The molecule has 3 rings (SSSR count). The molecular weight excluding hydrogens is 302 g/mol. The van der Waals surface area contributed by atoms with Crippen LogP contribution >= 0.6 is 0 Å². The van der Waals surface area contributed by atoms with Gasteiger partial charge >= 0.3 is 5.97 Å². The number of aliphatic carboxylic acids is 1. The van der Waals surface area contributed by atoms with E-state index in [2.05, 4.69) is 5.32 Å². The Morgan fingerprint density at radius 1 is 0.875 bits per heavy atom. The third-order valence-corrected chi connectivity index (χ3v) is 4.69. The van der Waals surface area contributed by atoms with Crippen LogP contribution < -0.4 is 5.32 Å². The van der Waals surface area contributed by atoms with Crippen LogP contribution in [-0.2, 0) is 9.59 Å². The highest BCUT2D eigenvalue weighted by Crippen LogP contribution is 2.33. The van der Waals surface area contributed by atoms with Crippen molar-refractivity contribution in [3.8, 4) is 11.1 Å². The second-order valence-electron chi connectivity index (χ2n) is 6.24. The largest absolute Gasteiger partial charge is 0.481 e. The maximum atomic E-state index is 12.7. The van der Waals surface area contributed by atoms with Crippen molar-refractivity contribution >= 4 is 17.6 Å². The maximum absolute atomic E-state index is 12.7. The number of carbonyl (C=O) groups is 2. The topological polar surface area (TPSA) is 66.4 Å². The normalized spacial score (nSPS) is 20.3. The van der Waals surface area contributed by atoms with E-state index in [1.54, 1.807) is 0 Å². The van der Waals surface area contributed by atoms with Crippen LogP contribution in [0, 0.1) is 11.8 Å². The molecule has 1 saturated carbocycles. The van der Waals surface area contributed by atoms with Crippen LogP contribution in [0.25, 0.3) is 11.1 Å². The Bertz CT molecular complexity index is 727. The van der Waals surface area contributed by atoms with Crippen LogP contribution in [0.4, 0.5) is 5.69 Å². The minimum absolute atomic E-state index is 0.189. The van der Waals surface area contributed by atoms with Crippen LogP contribution in [-0.4, -0.2) is 17.0 Å². The maximum Gasteiger partial charge on any atom is 0.307 e. The Morgan fingerprint density at radius 3 is 2.21 bits per heavy atom. The van der Waals surface area contributed by atoms with Gasteiger partial charge in [0.2, 0.25) is 5.91 Å². The highest BCUT2D eigenvalue weighted by molar-refractivity contribution is 5.98. The molecule has 1 aliphatic rings. The van der Waals surface area contributed by atoms with E-state index in [1.807, 2.05) is 54.6 Å². The van der Waals surface area contributed by atoms with Crippen molar-refractivity contribution in [1.82, 2.24) is 0 Å². The van der Waals surface area contributed by atoms with E-state index in [0.717, 1.165) is 29.7 Å². The molecule has 0 unspecified atom stereocenters. The number of carboxylic acid groups (broad SMARTS) is 1. The molecule has 124 valence electrons. The molecule has 0 spiro atoms. The quantitative estimate of drug-likeness (QED) is 0.887. The summed E-state index contributed by atoms with van der Waals surface area (Å²) in [6.45, 7) is 0. The summed E-state index contributed by atoms with van der Waals surface area (Å²) in [6.07, 6.45) is 2.99. The molecule has 2 aromatic carbocycles. The van der Waals surface area contributed by atoms with Crippen molar-refractivity contribution in [2.45, 2.75) is 25.7 Å². The first-order valence-electron chi connectivity index (χ1n) is 8.35. The lowest BCUT2D eigenvalue weighted by molar-refractivity contribution is -0.147. The lowest BCUT2D eigenvalue weighted by atomic mass is 9.78. The van der Waals surface area contributed by atoms with Gasteiger partial charge in [-0.25, -0.2) is 0 Å². The fourth-order valence-corrected chi connectivity index (χ4v) is 3.43. The second kappa shape index (κ2) is 7.30. The molecule has 4 nitrogen and oxygen atoms in total. The number of rotatable bonds is 4. The molecule has 2 atom stereocenters. The first-order valence-corrected chi connectivity index (χ1v) is 8.35. The first kappa shape index (κ1) is 16.2. The van der Waals surface area contributed by atoms with Gasteiger partial charge in [0.25, 0.3) is 0 Å². The van der Waals surface area contributed by atoms with E-state index >= 15 is 0 Å². The van der Waals surface area contributed by atoms with E-state index in [0.29, 0.717) is 12.8 Å². The molecule has 0 bridgehead atoms. The van der Waals surface area contributed by atoms with E-state index in [-0.39, 0.29) is 5.91 Å². The van der Waals surface area contributed by atoms with Gasteiger partial charge in [-0.2, -0.15) is 0 Å². The van der Waals surface area contributed by atoms with Crippen LogP contribution in [0.5, 0.6) is 0 Å². The van der Waals surface area contributed by atoms with Gasteiger partial charge in [0.15, 0.2) is 0 Å². The standard InChI is InChI=1S/C20H21NO3/c22-19(16-11-4-5-12-17(16)20(23)24)21-18-13-7-6-10-15(18)14-8-2-1-3-9-14/h1-3,6-10,13,16-17H,4-5,11-12H2,(H,21,22)(H,23,24)/t16-,17+/m1/s1. The van der Waals surface area contributed by atoms with Crippen molar-refractivity contribution < 1.29 is 14.7 Å². The van der Waals surface area contributed by atoms with Crippen molar-refractivity contribution in [2.24, 2.45) is 11.8 Å². The van der Waals surface area contributed by atoms with Crippen molar-refractivity contribution in [2.75, 3.05) is 5.32 Å². The van der Waals surface area contributed by atoms with Gasteiger partial charge in [0, 0.05) is 11.3 Å². The smallest absolute Gasteiger partial charge is 0.307 e. The summed E-state index contributed by atoms with van der Waals surface area (Å²) in [5.74, 6) is -2.10. The molecule has 2 N–H and O–H groups in total. The number of carbonyl (C=O) groups excluding carboxylic acids is 1. The zero-order valence-electron chi connectivity index (χ0n) is 13.4. The second-order valence-corrected chi connectivity index (χ2v) is 6.24. The van der Waals surface area contributed by atoms with Gasteiger partial charge in [0.05, 0.1) is 11.8 Å². The Morgan fingerprint density at radius 2 is 1.50 bits per heavy atom. The SMILES string of the molecule is O=C(O)[C@H]1CCCC[C@H]1C(=O)Nc1ccccc1-c1ccccc1. The minimum atomic E-state index is -0.869. The number of nitrogens with one attached hydrogen (secondary N) is 1. The van der Waals surface area contributed by atoms with Gasteiger partial charge in [-0.3, -0.25) is 9.59 Å². The van der Waals surface area contributed by atoms with Crippen LogP contribution in [0.15, 0.2) is 54.6 Å². The fourth-order valence-electron chi connectivity index (χ4n) is 3.43. The number of hydrogen-bond donors (Lipinski definition) is 2. The zero-order chi connectivity index (χ0) is 16.9. The van der Waals surface area contributed by atoms with E-state index in [9.17, 15) is 14.7 Å². The van der Waals surface area contributed by atoms with E-state index in [1.165, 1.54) is 0 Å². The number of hydrogen-bond acceptors (Lipinski definition) is 2. The molecule has 0 radical (unpaired) electrons. The van der Waals surface area contributed by atoms with Gasteiger partial charge in [-0.05, 0) is 24.5 Å². The van der Waals surface area contributed by atoms with E-state index in [4.69, 9.17) is 0 Å². The Balaban J connectivity index is 1.83. The molecule has 2 aromatic rings. The highest BCUT2D eigenvalue weighted by atomic mass is 16.4. The molecule has 4 heteroatoms. The summed E-state index contributed by atoms with van der Waals surface area (Å²) in [6, 6.07) is 17.5. The van der Waals surface area contributed by atoms with Crippen LogP contribution in [0.2, 0.25) is 0 Å². The summed E-state index contributed by atoms with van der Waals surface area (Å²) in [7, 11) is 0. The van der Waals surface area contributed by atoms with Crippen LogP contribution in [0.1, 0.15) is 25.7 Å². The summed E-state index contributed by atoms with van der Waals surface area (Å²) < 4.78 is 0. The lowest BCUT2D eigenvalue weighted by Crippen LogP contribution is -2.36. The molecule has 0 aliphatic heterocycles. The summed E-state index contributed by atoms with van der Waals surface area (Å²) in [5.41, 5.74) is 2.68. The molecule has 24 heavy (non-hydrogen) atoms. The molecular formula is C20H21NO3. The predicted octanol–water partition coefficient (Wildman–Crippen LogP) is 4.18. The fraction of sp³-hybridized carbons (Fsp3) is 0.300. The third kappa shape index (κ3) is 3.48. The predicted molar refractivity (Wildman–Crippen MR) is 93.6 cm³/mol. The Kier molecular flexibility index (Phi) is 4.94. The molecule has 1 amide bonds. The third-order valence-electron chi connectivity index (χ3n) is 4.69. The van der Waals surface area contributed by atoms with Gasteiger partial charge in [-0.15, -0.1) is 0 Å². The van der Waals surface area contributed by atoms with Gasteiger partial charge in [-0.1, -0.05) is 61.4 Å². The lowest BCUT2D eigenvalue weighted by Gasteiger charge is -2.27. The van der Waals surface area contributed by atoms with Crippen molar-refractivity contribution in [3.63, 3.8) is 0 Å². The molecule has 0 aromatic heterocycles. The zero-order valence-corrected chi connectivity index (χ0v) is 13.4. The number of benzene rings is 2. The average Bonchev–Trinajstić information content (AvgIpc) is 2.63. The summed E-state index contributed by atoms with van der Waals surface area (Å²) in [5, 5.41) is 12.3. The van der Waals surface area contributed by atoms with Gasteiger partial charge < -0.3 is 10.4 Å². The van der Waals surface area contributed by atoms with Gasteiger partial charge in [0.1, 0.15) is 0 Å². The number of para-hydroxylation sites is 1. The molecule has 1 aliphatic carbocycles. The number of amides is 1. The molecule has 0 saturated heterocycles. The van der Waals surface area contributed by atoms with Crippen LogP contribution in [0.3, 0.4) is 0 Å². The Hall–Kier alpha value is -2.62. The Labute approximate surface area is 141 Å². The number of carboxylic acids is 1. The van der Waals surface area contributed by atoms with Crippen molar-refractivity contribution in [1.29, 1.82) is 0 Å². The monoisotopic (exact) mass is 323 g/mol. The molecule has 0 heterocycles. The summed E-state index contributed by atoms with van der Waals surface area (Å²) >= 11 is 0. The molecule has 1 fully saturated rings. The number of anilines is 1. The summed E-state index contributed by atoms with van der Waals surface area (Å²) in [4.78, 5) is 24.1. The first-order chi connectivity index (χ1) is 11.7. The highest BCUT2D eigenvalue weighted by Gasteiger charge is 2.35. The minimum Gasteiger partial charge on any atom is -0.481 e. The average molecular weight is 323 g/mol.